The Kier molecular flexibility index (Phi) is 6.56. The molecule has 7 aromatic carbocycles. The maximum atomic E-state index is 9.66. The summed E-state index contributed by atoms with van der Waals surface area (Å²) < 4.78 is 4.45. The van der Waals surface area contributed by atoms with Gasteiger partial charge >= 0.3 is 0 Å². The maximum Gasteiger partial charge on any atom is 0.195 e. The predicted octanol–water partition coefficient (Wildman–Crippen LogP) is 12.2. The summed E-state index contributed by atoms with van der Waals surface area (Å²) in [5.74, 6) is 0. The smallest absolute Gasteiger partial charge is 0.195 e. The normalized spacial score (nSPS) is 11.1. The van der Waals surface area contributed by atoms with E-state index >= 15 is 0 Å². The van der Waals surface area contributed by atoms with Crippen molar-refractivity contribution < 1.29 is 0 Å². The van der Waals surface area contributed by atoms with Crippen molar-refractivity contribution in [3.63, 3.8) is 0 Å². The number of hydrogen-bond acceptors (Lipinski definition) is 1. The molecule has 0 fully saturated rings. The Morgan fingerprint density at radius 2 is 1.10 bits per heavy atom. The van der Waals surface area contributed by atoms with Crippen LogP contribution in [0.25, 0.3) is 86.9 Å². The Hall–Kier alpha value is -7.39. The molecule has 9 aromatic rings. The molecule has 0 saturated carbocycles. The zero-order valence-electron chi connectivity index (χ0n) is 26.7. The Morgan fingerprint density at radius 1 is 0.500 bits per heavy atom. The van der Waals surface area contributed by atoms with Gasteiger partial charge in [-0.15, -0.1) is 0 Å². The third-order valence-corrected chi connectivity index (χ3v) is 9.56. The monoisotopic (exact) mass is 635 g/mol. The van der Waals surface area contributed by atoms with Crippen molar-refractivity contribution in [2.45, 2.75) is 0 Å². The molecule has 5 nitrogen and oxygen atoms in total. The van der Waals surface area contributed by atoms with Crippen LogP contribution in [0.2, 0.25) is 0 Å². The summed E-state index contributed by atoms with van der Waals surface area (Å²) in [4.78, 5) is 7.96. The van der Waals surface area contributed by atoms with Crippen molar-refractivity contribution >= 4 is 55.0 Å². The fraction of sp³-hybridized carbons (Fsp3) is 0. The third kappa shape index (κ3) is 4.31. The van der Waals surface area contributed by atoms with E-state index in [2.05, 4.69) is 104 Å². The molecule has 9 rings (SSSR count). The van der Waals surface area contributed by atoms with Crippen molar-refractivity contribution in [1.29, 1.82) is 5.26 Å². The molecule has 0 aliphatic carbocycles. The second-order valence-electron chi connectivity index (χ2n) is 12.2. The van der Waals surface area contributed by atoms with Gasteiger partial charge in [0.25, 0.3) is 0 Å². The summed E-state index contributed by atoms with van der Waals surface area (Å²) in [5.41, 5.74) is 11.0. The van der Waals surface area contributed by atoms with Gasteiger partial charge in [0.05, 0.1) is 52.5 Å². The Bertz CT molecular complexity index is 2920. The van der Waals surface area contributed by atoms with Gasteiger partial charge in [-0.2, -0.15) is 5.26 Å². The van der Waals surface area contributed by atoms with E-state index in [0.717, 1.165) is 66.5 Å². The van der Waals surface area contributed by atoms with Gasteiger partial charge < -0.3 is 9.13 Å². The molecule has 0 bridgehead atoms. The van der Waals surface area contributed by atoms with Crippen LogP contribution >= 0.6 is 0 Å². The molecule has 0 saturated heterocycles. The molecule has 2 aromatic heterocycles. The molecule has 230 valence electrons. The van der Waals surface area contributed by atoms with Crippen LogP contribution in [0.1, 0.15) is 5.56 Å². The summed E-state index contributed by atoms with van der Waals surface area (Å²) in [7, 11) is 0. The highest BCUT2D eigenvalue weighted by atomic mass is 15.0. The number of para-hydroxylation sites is 4. The number of hydrogen-bond donors (Lipinski definition) is 0. The maximum absolute atomic E-state index is 9.66. The van der Waals surface area contributed by atoms with Gasteiger partial charge in [0, 0.05) is 27.2 Å². The number of nitrogens with zero attached hydrogens (tertiary/aromatic N) is 5. The molecular formula is C45H25N5. The van der Waals surface area contributed by atoms with E-state index < -0.39 is 0 Å². The first-order valence-electron chi connectivity index (χ1n) is 16.2. The SMILES string of the molecule is [C-]#[N+]c1cc(-c2cccc([N+]#[C-])c2-c2ccccc2-n2c3ccccc3c3ccccc32)cc(-n2c3ccccc3c3cc(C#N)ccc32)c1. The standard InChI is InChI=1S/C45H25N5/c1-47-31-25-30(26-32(27-31)49-40-18-7-5-14-36(40)38-24-29(28-46)22-23-44(38)49)33-16-11-17-39(48-2)45(33)37-15-6-10-21-43(37)50-41-19-8-3-12-34(41)35-13-4-9-20-42(35)50/h3-27H. The van der Waals surface area contributed by atoms with Crippen LogP contribution in [-0.2, 0) is 0 Å². The van der Waals surface area contributed by atoms with Gasteiger partial charge in [-0.05, 0) is 82.9 Å². The molecule has 0 unspecified atom stereocenters. The first-order chi connectivity index (χ1) is 24.7. The fourth-order valence-electron chi connectivity index (χ4n) is 7.48. The zero-order chi connectivity index (χ0) is 33.8. The van der Waals surface area contributed by atoms with Crippen LogP contribution in [0.15, 0.2) is 152 Å². The average molecular weight is 636 g/mol. The molecule has 0 spiro atoms. The van der Waals surface area contributed by atoms with Crippen molar-refractivity contribution in [1.82, 2.24) is 9.13 Å². The number of aromatic nitrogens is 2. The minimum absolute atomic E-state index is 0.493. The van der Waals surface area contributed by atoms with Crippen LogP contribution in [0.4, 0.5) is 11.4 Å². The summed E-state index contributed by atoms with van der Waals surface area (Å²) in [6.45, 7) is 16.4. The van der Waals surface area contributed by atoms with E-state index in [9.17, 15) is 5.26 Å². The molecule has 0 amide bonds. The van der Waals surface area contributed by atoms with Gasteiger partial charge in [0.2, 0.25) is 0 Å². The molecule has 5 heteroatoms. The average Bonchev–Trinajstić information content (AvgIpc) is 3.70. The minimum atomic E-state index is 0.493. The van der Waals surface area contributed by atoms with Crippen molar-refractivity contribution in [3.8, 4) is 39.7 Å². The molecule has 0 aliphatic heterocycles. The van der Waals surface area contributed by atoms with E-state index in [1.807, 2.05) is 72.8 Å². The quantitative estimate of drug-likeness (QED) is 0.177. The first kappa shape index (κ1) is 28.8. The van der Waals surface area contributed by atoms with Crippen LogP contribution in [0.3, 0.4) is 0 Å². The second-order valence-corrected chi connectivity index (χ2v) is 12.2. The lowest BCUT2D eigenvalue weighted by molar-refractivity contribution is 1.18. The van der Waals surface area contributed by atoms with E-state index in [-0.39, 0.29) is 0 Å². The number of fused-ring (bicyclic) bond motifs is 6. The Labute approximate surface area is 288 Å². The highest BCUT2D eigenvalue weighted by Gasteiger charge is 2.21. The van der Waals surface area contributed by atoms with Crippen molar-refractivity contribution in [2.75, 3.05) is 0 Å². The second kappa shape index (κ2) is 11.4. The number of rotatable bonds is 4. The fourth-order valence-corrected chi connectivity index (χ4v) is 7.48. The van der Waals surface area contributed by atoms with Gasteiger partial charge in [0.1, 0.15) is 0 Å². The van der Waals surface area contributed by atoms with Gasteiger partial charge in [0.15, 0.2) is 11.4 Å². The van der Waals surface area contributed by atoms with E-state index in [1.54, 1.807) is 0 Å². The van der Waals surface area contributed by atoms with E-state index in [0.29, 0.717) is 16.9 Å². The van der Waals surface area contributed by atoms with Gasteiger partial charge in [-0.3, -0.25) is 0 Å². The summed E-state index contributed by atoms with van der Waals surface area (Å²) in [5, 5.41) is 14.0. The summed E-state index contributed by atoms with van der Waals surface area (Å²) in [6, 6.07) is 53.0. The highest BCUT2D eigenvalue weighted by molar-refractivity contribution is 6.11. The van der Waals surface area contributed by atoms with Crippen molar-refractivity contribution in [3.05, 3.63) is 180 Å². The molecule has 50 heavy (non-hydrogen) atoms. The van der Waals surface area contributed by atoms with E-state index in [1.165, 1.54) is 10.8 Å². The van der Waals surface area contributed by atoms with Gasteiger partial charge in [-0.25, -0.2) is 9.69 Å². The van der Waals surface area contributed by atoms with Crippen LogP contribution < -0.4 is 0 Å². The molecule has 0 aliphatic rings. The largest absolute Gasteiger partial charge is 0.310 e. The first-order valence-corrected chi connectivity index (χ1v) is 16.2. The lowest BCUT2D eigenvalue weighted by Crippen LogP contribution is -1.99. The Morgan fingerprint density at radius 3 is 1.78 bits per heavy atom. The lowest BCUT2D eigenvalue weighted by Gasteiger charge is -2.19. The molecular weight excluding hydrogens is 611 g/mol. The van der Waals surface area contributed by atoms with Crippen molar-refractivity contribution in [2.24, 2.45) is 0 Å². The number of benzene rings is 7. The van der Waals surface area contributed by atoms with Crippen LogP contribution in [0, 0.1) is 24.5 Å². The zero-order valence-corrected chi connectivity index (χ0v) is 26.7. The lowest BCUT2D eigenvalue weighted by atomic mass is 9.91. The van der Waals surface area contributed by atoms with Gasteiger partial charge in [-0.1, -0.05) is 91.0 Å². The molecule has 2 heterocycles. The van der Waals surface area contributed by atoms with Crippen LogP contribution in [-0.4, -0.2) is 9.13 Å². The highest BCUT2D eigenvalue weighted by Crippen LogP contribution is 2.45. The topological polar surface area (TPSA) is 42.4 Å². The molecule has 0 radical (unpaired) electrons. The third-order valence-electron chi connectivity index (χ3n) is 9.56. The minimum Gasteiger partial charge on any atom is -0.310 e. The molecule has 0 atom stereocenters. The molecule has 0 N–H and O–H groups in total. The van der Waals surface area contributed by atoms with Crippen LogP contribution in [0.5, 0.6) is 0 Å². The predicted molar refractivity (Wildman–Crippen MR) is 203 cm³/mol. The summed E-state index contributed by atoms with van der Waals surface area (Å²) >= 11 is 0. The van der Waals surface area contributed by atoms with E-state index in [4.69, 9.17) is 13.1 Å². The number of nitriles is 1. The summed E-state index contributed by atoms with van der Waals surface area (Å²) in [6.07, 6.45) is 0. The Balaban J connectivity index is 1.33.